The number of ether oxygens (including phenoxy) is 1. The third kappa shape index (κ3) is 4.13. The molecule has 0 unspecified atom stereocenters. The predicted molar refractivity (Wildman–Crippen MR) is 99.6 cm³/mol. The average Bonchev–Trinajstić information content (AvgIpc) is 3.05. The molecule has 0 saturated heterocycles. The molecule has 1 aromatic heterocycles. The van der Waals surface area contributed by atoms with Gasteiger partial charge in [-0.15, -0.1) is 5.10 Å². The molecule has 7 heteroatoms. The van der Waals surface area contributed by atoms with Crippen LogP contribution in [0.1, 0.15) is 34.2 Å². The van der Waals surface area contributed by atoms with Crippen molar-refractivity contribution in [2.75, 3.05) is 6.61 Å². The maximum absolute atomic E-state index is 13.8. The SMILES string of the molecule is CCOc1ccc(CNC(=O)c2nnn(-c3ccc(C)c(F)c3)c2C)cc1. The highest BCUT2D eigenvalue weighted by atomic mass is 19.1. The molecule has 0 saturated carbocycles. The minimum atomic E-state index is -0.333. The van der Waals surface area contributed by atoms with E-state index in [0.29, 0.717) is 30.1 Å². The van der Waals surface area contributed by atoms with E-state index in [9.17, 15) is 9.18 Å². The fraction of sp³-hybridized carbons (Fsp3) is 0.250. The van der Waals surface area contributed by atoms with E-state index in [1.54, 1.807) is 26.0 Å². The summed E-state index contributed by atoms with van der Waals surface area (Å²) in [5, 5.41) is 10.8. The van der Waals surface area contributed by atoms with Crippen molar-refractivity contribution in [1.29, 1.82) is 0 Å². The molecular weight excluding hydrogens is 347 g/mol. The lowest BCUT2D eigenvalue weighted by Gasteiger charge is -2.07. The Morgan fingerprint density at radius 1 is 1.19 bits per heavy atom. The lowest BCUT2D eigenvalue weighted by Crippen LogP contribution is -2.24. The van der Waals surface area contributed by atoms with Gasteiger partial charge in [0.25, 0.3) is 5.91 Å². The number of carbonyl (C=O) groups excluding carboxylic acids is 1. The van der Waals surface area contributed by atoms with Crippen LogP contribution in [0.2, 0.25) is 0 Å². The van der Waals surface area contributed by atoms with E-state index in [2.05, 4.69) is 15.6 Å². The normalized spacial score (nSPS) is 10.7. The monoisotopic (exact) mass is 368 g/mol. The van der Waals surface area contributed by atoms with Crippen LogP contribution in [0.25, 0.3) is 5.69 Å². The van der Waals surface area contributed by atoms with Gasteiger partial charge < -0.3 is 10.1 Å². The van der Waals surface area contributed by atoms with Gasteiger partial charge in [0.2, 0.25) is 0 Å². The highest BCUT2D eigenvalue weighted by Gasteiger charge is 2.17. The summed E-state index contributed by atoms with van der Waals surface area (Å²) in [6.07, 6.45) is 0. The summed E-state index contributed by atoms with van der Waals surface area (Å²) in [7, 11) is 0. The van der Waals surface area contributed by atoms with Crippen LogP contribution >= 0.6 is 0 Å². The molecule has 0 aliphatic carbocycles. The van der Waals surface area contributed by atoms with Gasteiger partial charge >= 0.3 is 0 Å². The van der Waals surface area contributed by atoms with Crippen LogP contribution < -0.4 is 10.1 Å². The molecular formula is C20H21FN4O2. The Bertz CT molecular complexity index is 951. The molecule has 27 heavy (non-hydrogen) atoms. The van der Waals surface area contributed by atoms with Crippen molar-refractivity contribution >= 4 is 5.91 Å². The standard InChI is InChI=1S/C20H21FN4O2/c1-4-27-17-9-6-15(7-10-17)12-22-20(26)19-14(3)25(24-23-19)16-8-5-13(2)18(21)11-16/h5-11H,4,12H2,1-3H3,(H,22,26). The van der Waals surface area contributed by atoms with Gasteiger partial charge in [0.15, 0.2) is 5.69 Å². The first-order valence-electron chi connectivity index (χ1n) is 8.68. The van der Waals surface area contributed by atoms with E-state index in [1.807, 2.05) is 31.2 Å². The molecule has 0 atom stereocenters. The maximum atomic E-state index is 13.8. The van der Waals surface area contributed by atoms with Crippen LogP contribution in [0.15, 0.2) is 42.5 Å². The fourth-order valence-electron chi connectivity index (χ4n) is 2.63. The smallest absolute Gasteiger partial charge is 0.274 e. The van der Waals surface area contributed by atoms with Gasteiger partial charge in [-0.25, -0.2) is 9.07 Å². The lowest BCUT2D eigenvalue weighted by molar-refractivity contribution is 0.0945. The molecule has 0 aliphatic rings. The van der Waals surface area contributed by atoms with Gasteiger partial charge in [-0.2, -0.15) is 0 Å². The summed E-state index contributed by atoms with van der Waals surface area (Å²) in [4.78, 5) is 12.4. The molecule has 3 rings (SSSR count). The van der Waals surface area contributed by atoms with Crippen molar-refractivity contribution in [2.24, 2.45) is 0 Å². The van der Waals surface area contributed by atoms with Crippen molar-refractivity contribution < 1.29 is 13.9 Å². The second-order valence-corrected chi connectivity index (χ2v) is 6.13. The number of benzene rings is 2. The molecule has 140 valence electrons. The summed E-state index contributed by atoms with van der Waals surface area (Å²) in [6, 6.07) is 12.3. The minimum absolute atomic E-state index is 0.210. The third-order valence-corrected chi connectivity index (χ3v) is 4.20. The molecule has 1 heterocycles. The summed E-state index contributed by atoms with van der Waals surface area (Å²) < 4.78 is 20.6. The minimum Gasteiger partial charge on any atom is -0.494 e. The van der Waals surface area contributed by atoms with Gasteiger partial charge in [0.1, 0.15) is 11.6 Å². The van der Waals surface area contributed by atoms with E-state index in [1.165, 1.54) is 10.7 Å². The van der Waals surface area contributed by atoms with Crippen molar-refractivity contribution in [3.05, 3.63) is 70.8 Å². The van der Waals surface area contributed by atoms with Crippen LogP contribution in [-0.2, 0) is 6.54 Å². The lowest BCUT2D eigenvalue weighted by atomic mass is 10.2. The summed E-state index contributed by atoms with van der Waals surface area (Å²) in [5.41, 5.74) is 2.76. The zero-order chi connectivity index (χ0) is 19.4. The number of hydrogen-bond acceptors (Lipinski definition) is 4. The number of aromatic nitrogens is 3. The van der Waals surface area contributed by atoms with Gasteiger partial charge in [0.05, 0.1) is 18.0 Å². The molecule has 0 bridgehead atoms. The van der Waals surface area contributed by atoms with Crippen LogP contribution in [0.3, 0.4) is 0 Å². The van der Waals surface area contributed by atoms with Crippen molar-refractivity contribution in [1.82, 2.24) is 20.3 Å². The highest BCUT2D eigenvalue weighted by Crippen LogP contribution is 2.16. The Labute approximate surface area is 157 Å². The van der Waals surface area contributed by atoms with Gasteiger partial charge in [-0.1, -0.05) is 23.4 Å². The fourth-order valence-corrected chi connectivity index (χ4v) is 2.63. The van der Waals surface area contributed by atoms with Crippen molar-refractivity contribution in [3.8, 4) is 11.4 Å². The van der Waals surface area contributed by atoms with Crippen LogP contribution in [0.5, 0.6) is 5.75 Å². The number of amides is 1. The molecule has 1 N–H and O–H groups in total. The molecule has 0 fully saturated rings. The Morgan fingerprint density at radius 3 is 2.59 bits per heavy atom. The number of carbonyl (C=O) groups is 1. The first-order chi connectivity index (χ1) is 13.0. The third-order valence-electron chi connectivity index (χ3n) is 4.20. The first kappa shape index (κ1) is 18.6. The summed E-state index contributed by atoms with van der Waals surface area (Å²) in [6.45, 7) is 6.30. The highest BCUT2D eigenvalue weighted by molar-refractivity contribution is 5.93. The quantitative estimate of drug-likeness (QED) is 0.724. The zero-order valence-corrected chi connectivity index (χ0v) is 15.5. The Hall–Kier alpha value is -3.22. The topological polar surface area (TPSA) is 69.0 Å². The average molecular weight is 368 g/mol. The van der Waals surface area contributed by atoms with Crippen molar-refractivity contribution in [3.63, 3.8) is 0 Å². The number of rotatable bonds is 6. The molecule has 0 radical (unpaired) electrons. The molecule has 6 nitrogen and oxygen atoms in total. The first-order valence-corrected chi connectivity index (χ1v) is 8.68. The second kappa shape index (κ2) is 7.99. The number of halogens is 1. The molecule has 1 amide bonds. The number of nitrogens with zero attached hydrogens (tertiary/aromatic N) is 3. The van der Waals surface area contributed by atoms with Crippen LogP contribution in [0, 0.1) is 19.7 Å². The Balaban J connectivity index is 1.70. The second-order valence-electron chi connectivity index (χ2n) is 6.13. The number of aryl methyl sites for hydroxylation is 1. The Kier molecular flexibility index (Phi) is 5.49. The molecule has 3 aromatic rings. The largest absolute Gasteiger partial charge is 0.494 e. The van der Waals surface area contributed by atoms with E-state index in [-0.39, 0.29) is 17.4 Å². The zero-order valence-electron chi connectivity index (χ0n) is 15.5. The molecule has 0 aliphatic heterocycles. The number of nitrogens with one attached hydrogen (secondary N) is 1. The van der Waals surface area contributed by atoms with Crippen molar-refractivity contribution in [2.45, 2.75) is 27.3 Å². The summed E-state index contributed by atoms with van der Waals surface area (Å²) in [5.74, 6) is 0.126. The van der Waals surface area contributed by atoms with E-state index in [0.717, 1.165) is 11.3 Å². The summed E-state index contributed by atoms with van der Waals surface area (Å²) >= 11 is 0. The van der Waals surface area contributed by atoms with Gasteiger partial charge in [0, 0.05) is 6.54 Å². The van der Waals surface area contributed by atoms with E-state index < -0.39 is 0 Å². The predicted octanol–water partition coefficient (Wildman–Crippen LogP) is 3.35. The Morgan fingerprint density at radius 2 is 1.93 bits per heavy atom. The van der Waals surface area contributed by atoms with Gasteiger partial charge in [-0.05, 0) is 56.2 Å². The van der Waals surface area contributed by atoms with E-state index >= 15 is 0 Å². The molecule has 2 aromatic carbocycles. The maximum Gasteiger partial charge on any atom is 0.274 e. The van der Waals surface area contributed by atoms with Crippen LogP contribution in [0.4, 0.5) is 4.39 Å². The van der Waals surface area contributed by atoms with Crippen LogP contribution in [-0.4, -0.2) is 27.5 Å². The molecule has 0 spiro atoms. The van der Waals surface area contributed by atoms with E-state index in [4.69, 9.17) is 4.74 Å². The van der Waals surface area contributed by atoms with Gasteiger partial charge in [-0.3, -0.25) is 4.79 Å². The number of hydrogen-bond donors (Lipinski definition) is 1.